The SMILES string of the molecule is NCc1ccc(F)cc1CS(=O)c1cccs1. The van der Waals surface area contributed by atoms with Gasteiger partial charge in [-0.05, 0) is 34.7 Å². The summed E-state index contributed by atoms with van der Waals surface area (Å²) in [7, 11) is -1.13. The lowest BCUT2D eigenvalue weighted by molar-refractivity contribution is 0.625. The summed E-state index contributed by atoms with van der Waals surface area (Å²) in [5.74, 6) is -0.00877. The second-order valence-electron chi connectivity index (χ2n) is 3.54. The highest BCUT2D eigenvalue weighted by Gasteiger charge is 2.10. The molecule has 0 saturated carbocycles. The predicted molar refractivity (Wildman–Crippen MR) is 68.7 cm³/mol. The Labute approximate surface area is 106 Å². The molecule has 17 heavy (non-hydrogen) atoms. The van der Waals surface area contributed by atoms with Crippen molar-refractivity contribution < 1.29 is 8.60 Å². The number of hydrogen-bond donors (Lipinski definition) is 1. The first-order chi connectivity index (χ1) is 8.20. The van der Waals surface area contributed by atoms with E-state index >= 15 is 0 Å². The monoisotopic (exact) mass is 269 g/mol. The van der Waals surface area contributed by atoms with Crippen molar-refractivity contribution in [1.29, 1.82) is 0 Å². The second-order valence-corrected chi connectivity index (χ2v) is 6.16. The molecule has 0 spiro atoms. The van der Waals surface area contributed by atoms with E-state index < -0.39 is 10.8 Å². The van der Waals surface area contributed by atoms with Gasteiger partial charge in [-0.1, -0.05) is 12.1 Å². The van der Waals surface area contributed by atoms with Crippen LogP contribution in [0.4, 0.5) is 4.39 Å². The maximum absolute atomic E-state index is 13.1. The zero-order valence-corrected chi connectivity index (χ0v) is 10.7. The molecular formula is C12H12FNOS2. The summed E-state index contributed by atoms with van der Waals surface area (Å²) in [6.45, 7) is 0.331. The molecule has 1 aromatic carbocycles. The van der Waals surface area contributed by atoms with E-state index in [1.165, 1.54) is 23.5 Å². The molecule has 0 amide bonds. The number of rotatable bonds is 4. The molecule has 0 bridgehead atoms. The Balaban J connectivity index is 2.23. The van der Waals surface area contributed by atoms with Crippen LogP contribution in [0.1, 0.15) is 11.1 Å². The van der Waals surface area contributed by atoms with E-state index in [1.54, 1.807) is 6.07 Å². The summed E-state index contributed by atoms with van der Waals surface area (Å²) in [6.07, 6.45) is 0. The molecule has 0 radical (unpaired) electrons. The normalized spacial score (nSPS) is 12.6. The van der Waals surface area contributed by atoms with Gasteiger partial charge in [-0.2, -0.15) is 0 Å². The van der Waals surface area contributed by atoms with Crippen molar-refractivity contribution in [3.63, 3.8) is 0 Å². The fraction of sp³-hybridized carbons (Fsp3) is 0.167. The van der Waals surface area contributed by atoms with Crippen LogP contribution in [0.3, 0.4) is 0 Å². The molecule has 0 aliphatic carbocycles. The van der Waals surface area contributed by atoms with Crippen molar-refractivity contribution in [1.82, 2.24) is 0 Å². The van der Waals surface area contributed by atoms with Crippen molar-refractivity contribution in [3.8, 4) is 0 Å². The van der Waals surface area contributed by atoms with Crippen LogP contribution in [0, 0.1) is 5.82 Å². The van der Waals surface area contributed by atoms with E-state index in [-0.39, 0.29) is 5.82 Å². The van der Waals surface area contributed by atoms with E-state index in [9.17, 15) is 8.60 Å². The third kappa shape index (κ3) is 3.00. The molecule has 1 unspecified atom stereocenters. The summed E-state index contributed by atoms with van der Waals surface area (Å²) in [5, 5.41) is 1.88. The average Bonchev–Trinajstić information content (AvgIpc) is 2.83. The molecule has 2 aromatic rings. The number of halogens is 1. The van der Waals surface area contributed by atoms with E-state index in [1.807, 2.05) is 17.5 Å². The van der Waals surface area contributed by atoms with Crippen LogP contribution < -0.4 is 5.73 Å². The minimum atomic E-state index is -1.13. The van der Waals surface area contributed by atoms with Gasteiger partial charge in [0.15, 0.2) is 0 Å². The topological polar surface area (TPSA) is 43.1 Å². The molecule has 1 atom stereocenters. The highest BCUT2D eigenvalue weighted by molar-refractivity contribution is 7.86. The highest BCUT2D eigenvalue weighted by Crippen LogP contribution is 2.20. The lowest BCUT2D eigenvalue weighted by Gasteiger charge is -2.07. The molecule has 0 saturated heterocycles. The molecule has 0 fully saturated rings. The van der Waals surface area contributed by atoms with Crippen LogP contribution in [0.15, 0.2) is 39.9 Å². The molecule has 1 aromatic heterocycles. The van der Waals surface area contributed by atoms with Crippen molar-refractivity contribution in [2.45, 2.75) is 16.5 Å². The molecule has 90 valence electrons. The van der Waals surface area contributed by atoms with Gasteiger partial charge in [0, 0.05) is 6.54 Å². The third-order valence-corrected chi connectivity index (χ3v) is 5.06. The van der Waals surface area contributed by atoms with Crippen molar-refractivity contribution in [3.05, 3.63) is 52.7 Å². The van der Waals surface area contributed by atoms with Gasteiger partial charge in [-0.25, -0.2) is 4.39 Å². The lowest BCUT2D eigenvalue weighted by atomic mass is 10.1. The van der Waals surface area contributed by atoms with Crippen LogP contribution in [0.25, 0.3) is 0 Å². The molecular weight excluding hydrogens is 257 g/mol. The van der Waals surface area contributed by atoms with Gasteiger partial charge < -0.3 is 5.73 Å². The smallest absolute Gasteiger partial charge is 0.123 e. The van der Waals surface area contributed by atoms with Gasteiger partial charge in [0.1, 0.15) is 5.82 Å². The zero-order valence-electron chi connectivity index (χ0n) is 9.06. The second kappa shape index (κ2) is 5.53. The maximum Gasteiger partial charge on any atom is 0.123 e. The molecule has 2 N–H and O–H groups in total. The van der Waals surface area contributed by atoms with Gasteiger partial charge in [0.05, 0.1) is 20.8 Å². The first kappa shape index (κ1) is 12.4. The number of hydrogen-bond acceptors (Lipinski definition) is 3. The Morgan fingerprint density at radius 1 is 1.29 bits per heavy atom. The lowest BCUT2D eigenvalue weighted by Crippen LogP contribution is -2.04. The molecule has 1 heterocycles. The van der Waals surface area contributed by atoms with Crippen LogP contribution >= 0.6 is 11.3 Å². The summed E-state index contributed by atoms with van der Waals surface area (Å²) < 4.78 is 26.0. The minimum absolute atomic E-state index is 0.310. The quantitative estimate of drug-likeness (QED) is 0.927. The van der Waals surface area contributed by atoms with Gasteiger partial charge in [0.2, 0.25) is 0 Å². The molecule has 0 aliphatic heterocycles. The largest absolute Gasteiger partial charge is 0.326 e. The van der Waals surface area contributed by atoms with Crippen molar-refractivity contribution in [2.24, 2.45) is 5.73 Å². The Morgan fingerprint density at radius 3 is 2.76 bits per heavy atom. The zero-order chi connectivity index (χ0) is 12.3. The van der Waals surface area contributed by atoms with Gasteiger partial charge >= 0.3 is 0 Å². The molecule has 0 aliphatic rings. The molecule has 5 heteroatoms. The third-order valence-electron chi connectivity index (χ3n) is 2.39. The van der Waals surface area contributed by atoms with E-state index in [0.717, 1.165) is 15.3 Å². The Morgan fingerprint density at radius 2 is 2.12 bits per heavy atom. The number of thiophene rings is 1. The van der Waals surface area contributed by atoms with Gasteiger partial charge in [0.25, 0.3) is 0 Å². The van der Waals surface area contributed by atoms with Crippen LogP contribution in [0.2, 0.25) is 0 Å². The van der Waals surface area contributed by atoms with Gasteiger partial charge in [-0.15, -0.1) is 11.3 Å². The van der Waals surface area contributed by atoms with Crippen LogP contribution in [-0.2, 0) is 23.1 Å². The van der Waals surface area contributed by atoms with Gasteiger partial charge in [-0.3, -0.25) is 4.21 Å². The predicted octanol–water partition coefficient (Wildman–Crippen LogP) is 2.65. The summed E-state index contributed by atoms with van der Waals surface area (Å²) in [4.78, 5) is 0. The number of benzene rings is 1. The summed E-state index contributed by atoms with van der Waals surface area (Å²) in [6, 6.07) is 8.11. The molecule has 2 rings (SSSR count). The average molecular weight is 269 g/mol. The fourth-order valence-corrected chi connectivity index (χ4v) is 3.68. The highest BCUT2D eigenvalue weighted by atomic mass is 32.2. The van der Waals surface area contributed by atoms with E-state index in [2.05, 4.69) is 0 Å². The Kier molecular flexibility index (Phi) is 4.04. The van der Waals surface area contributed by atoms with E-state index in [0.29, 0.717) is 12.3 Å². The van der Waals surface area contributed by atoms with Crippen LogP contribution in [-0.4, -0.2) is 4.21 Å². The summed E-state index contributed by atoms with van der Waals surface area (Å²) in [5.41, 5.74) is 7.14. The maximum atomic E-state index is 13.1. The Hall–Kier alpha value is -1.04. The van der Waals surface area contributed by atoms with E-state index in [4.69, 9.17) is 5.73 Å². The van der Waals surface area contributed by atoms with Crippen LogP contribution in [0.5, 0.6) is 0 Å². The first-order valence-electron chi connectivity index (χ1n) is 5.10. The fourth-order valence-electron chi connectivity index (χ4n) is 1.53. The summed E-state index contributed by atoms with van der Waals surface area (Å²) >= 11 is 1.44. The van der Waals surface area contributed by atoms with Crippen molar-refractivity contribution >= 4 is 22.1 Å². The standard InChI is InChI=1S/C12H12FNOS2/c13-11-4-3-9(7-14)10(6-11)8-17(15)12-2-1-5-16-12/h1-6H,7-8,14H2. The molecule has 2 nitrogen and oxygen atoms in total. The Bertz CT molecular complexity index is 525. The van der Waals surface area contributed by atoms with Crippen molar-refractivity contribution in [2.75, 3.05) is 0 Å². The first-order valence-corrected chi connectivity index (χ1v) is 7.30. The number of nitrogens with two attached hydrogens (primary N) is 1. The minimum Gasteiger partial charge on any atom is -0.326 e.